The lowest BCUT2D eigenvalue weighted by Gasteiger charge is -2.35. The third kappa shape index (κ3) is 6.46. The largest absolute Gasteiger partial charge is 0.490 e. The van der Waals surface area contributed by atoms with Crippen LogP contribution in [0.25, 0.3) is 0 Å². The summed E-state index contributed by atoms with van der Waals surface area (Å²) in [6, 6.07) is 2.85. The number of carbonyl (C=O) groups is 2. The molecule has 0 saturated carbocycles. The van der Waals surface area contributed by atoms with E-state index in [1.807, 2.05) is 13.8 Å². The lowest BCUT2D eigenvalue weighted by atomic mass is 9.98. The molecule has 2 fully saturated rings. The first-order chi connectivity index (χ1) is 13.1. The third-order valence-electron chi connectivity index (χ3n) is 4.59. The summed E-state index contributed by atoms with van der Waals surface area (Å²) in [5, 5.41) is 14.4. The highest BCUT2D eigenvalue weighted by atomic mass is 32.1. The molecule has 3 atom stereocenters. The maximum Gasteiger partial charge on any atom is 0.490 e. The number of thiophene rings is 1. The summed E-state index contributed by atoms with van der Waals surface area (Å²) >= 11 is 1.75. The molecule has 1 aromatic rings. The van der Waals surface area contributed by atoms with Crippen LogP contribution in [0.15, 0.2) is 16.8 Å². The van der Waals surface area contributed by atoms with E-state index in [4.69, 9.17) is 14.6 Å². The van der Waals surface area contributed by atoms with E-state index in [0.29, 0.717) is 6.04 Å². The van der Waals surface area contributed by atoms with E-state index in [-0.39, 0.29) is 24.2 Å². The molecular weight excluding hydrogens is 397 g/mol. The molecule has 1 amide bonds. The molecule has 2 aliphatic rings. The Labute approximate surface area is 165 Å². The molecule has 0 aromatic carbocycles. The molecule has 1 aromatic heterocycles. The first-order valence-corrected chi connectivity index (χ1v) is 10.0. The van der Waals surface area contributed by atoms with Crippen LogP contribution in [0.3, 0.4) is 0 Å². The fourth-order valence-corrected chi connectivity index (χ4v) is 4.06. The minimum absolute atomic E-state index is 0.0553. The molecule has 0 unspecified atom stereocenters. The van der Waals surface area contributed by atoms with Gasteiger partial charge in [0.15, 0.2) is 0 Å². The van der Waals surface area contributed by atoms with Crippen LogP contribution >= 0.6 is 11.3 Å². The zero-order valence-corrected chi connectivity index (χ0v) is 16.6. The van der Waals surface area contributed by atoms with Crippen molar-refractivity contribution in [2.75, 3.05) is 6.54 Å². The maximum atomic E-state index is 12.1. The standard InChI is InChI=1S/C16H24N2O2S.C2HF3O2/c1-11(2)17-16(19)15-4-3-13-14(20-15)5-7-18(13)9-12-6-8-21-10-12;3-2(4,5)1(6)7/h6,8,10-11,13-15H,3-5,7,9H2,1-2H3,(H,17,19);(H,6,7)/t13-,14-,15-;/m1./s1. The van der Waals surface area contributed by atoms with Gasteiger partial charge in [-0.2, -0.15) is 24.5 Å². The van der Waals surface area contributed by atoms with Gasteiger partial charge in [-0.25, -0.2) is 4.79 Å². The van der Waals surface area contributed by atoms with Crippen LogP contribution < -0.4 is 5.32 Å². The maximum absolute atomic E-state index is 12.1. The normalized spacial score (nSPS) is 25.0. The summed E-state index contributed by atoms with van der Waals surface area (Å²) in [7, 11) is 0. The Bertz CT molecular complexity index is 652. The number of alkyl halides is 3. The second-order valence-electron chi connectivity index (χ2n) is 7.16. The van der Waals surface area contributed by atoms with Gasteiger partial charge in [-0.05, 0) is 55.5 Å². The molecule has 2 saturated heterocycles. The van der Waals surface area contributed by atoms with Gasteiger partial charge in [-0.3, -0.25) is 9.69 Å². The third-order valence-corrected chi connectivity index (χ3v) is 5.33. The van der Waals surface area contributed by atoms with E-state index in [1.54, 1.807) is 11.3 Å². The van der Waals surface area contributed by atoms with Gasteiger partial charge < -0.3 is 15.2 Å². The van der Waals surface area contributed by atoms with Gasteiger partial charge in [0.05, 0.1) is 6.10 Å². The Balaban J connectivity index is 0.000000345. The Morgan fingerprint density at radius 3 is 2.57 bits per heavy atom. The van der Waals surface area contributed by atoms with Gasteiger partial charge in [0, 0.05) is 25.2 Å². The van der Waals surface area contributed by atoms with Crippen molar-refractivity contribution in [3.63, 3.8) is 0 Å². The highest BCUT2D eigenvalue weighted by Crippen LogP contribution is 2.32. The van der Waals surface area contributed by atoms with Crippen LogP contribution in [0.4, 0.5) is 13.2 Å². The van der Waals surface area contributed by atoms with E-state index >= 15 is 0 Å². The molecule has 0 radical (unpaired) electrons. The average molecular weight is 422 g/mol. The Morgan fingerprint density at radius 2 is 2.04 bits per heavy atom. The van der Waals surface area contributed by atoms with Gasteiger partial charge in [-0.15, -0.1) is 0 Å². The number of nitrogens with zero attached hydrogens (tertiary/aromatic N) is 1. The van der Waals surface area contributed by atoms with Gasteiger partial charge in [0.25, 0.3) is 0 Å². The molecule has 3 heterocycles. The van der Waals surface area contributed by atoms with Crippen LogP contribution in [0.5, 0.6) is 0 Å². The first kappa shape index (κ1) is 22.6. The number of rotatable bonds is 4. The molecule has 2 aliphatic heterocycles. The quantitative estimate of drug-likeness (QED) is 0.780. The zero-order valence-electron chi connectivity index (χ0n) is 15.7. The highest BCUT2D eigenvalue weighted by Gasteiger charge is 2.41. The van der Waals surface area contributed by atoms with Crippen LogP contribution in [0.2, 0.25) is 0 Å². The number of carboxylic acids is 1. The zero-order chi connectivity index (χ0) is 20.9. The molecule has 0 bridgehead atoms. The number of ether oxygens (including phenoxy) is 1. The van der Waals surface area contributed by atoms with E-state index in [1.165, 1.54) is 5.56 Å². The fraction of sp³-hybridized carbons (Fsp3) is 0.667. The van der Waals surface area contributed by atoms with Gasteiger partial charge in [0.1, 0.15) is 6.10 Å². The number of hydrogen-bond acceptors (Lipinski definition) is 5. The van der Waals surface area contributed by atoms with Crippen LogP contribution in [-0.4, -0.2) is 58.9 Å². The summed E-state index contributed by atoms with van der Waals surface area (Å²) in [4.78, 5) is 23.5. The van der Waals surface area contributed by atoms with Crippen LogP contribution in [0.1, 0.15) is 38.7 Å². The molecule has 10 heteroatoms. The smallest absolute Gasteiger partial charge is 0.475 e. The van der Waals surface area contributed by atoms with E-state index in [2.05, 4.69) is 27.0 Å². The van der Waals surface area contributed by atoms with Gasteiger partial charge in [-0.1, -0.05) is 0 Å². The summed E-state index contributed by atoms with van der Waals surface area (Å²) < 4.78 is 37.8. The monoisotopic (exact) mass is 422 g/mol. The predicted molar refractivity (Wildman–Crippen MR) is 98.0 cm³/mol. The van der Waals surface area contributed by atoms with Crippen molar-refractivity contribution in [3.8, 4) is 0 Å². The van der Waals surface area contributed by atoms with Crippen molar-refractivity contribution in [2.45, 2.75) is 70.1 Å². The van der Waals surface area contributed by atoms with Gasteiger partial charge >= 0.3 is 12.1 Å². The molecule has 2 N–H and O–H groups in total. The molecule has 0 spiro atoms. The average Bonchev–Trinajstić information content (AvgIpc) is 3.24. The topological polar surface area (TPSA) is 78.9 Å². The number of amides is 1. The SMILES string of the molecule is CC(C)NC(=O)[C@H]1CC[C@@H]2[C@@H](CCN2Cc2ccsc2)O1.O=C(O)C(F)(F)F. The Hall–Kier alpha value is -1.65. The summed E-state index contributed by atoms with van der Waals surface area (Å²) in [5.41, 5.74) is 1.39. The highest BCUT2D eigenvalue weighted by molar-refractivity contribution is 7.07. The van der Waals surface area contributed by atoms with Crippen molar-refractivity contribution in [2.24, 2.45) is 0 Å². The molecular formula is C18H25F3N2O4S. The lowest BCUT2D eigenvalue weighted by Crippen LogP contribution is -2.48. The van der Waals surface area contributed by atoms with Crippen LogP contribution in [0, 0.1) is 0 Å². The minimum atomic E-state index is -5.08. The van der Waals surface area contributed by atoms with Crippen LogP contribution in [-0.2, 0) is 20.9 Å². The van der Waals surface area contributed by atoms with Crippen molar-refractivity contribution in [1.82, 2.24) is 10.2 Å². The number of carbonyl (C=O) groups excluding carboxylic acids is 1. The number of hydrogen-bond donors (Lipinski definition) is 2. The minimum Gasteiger partial charge on any atom is -0.475 e. The van der Waals surface area contributed by atoms with E-state index in [0.717, 1.165) is 32.4 Å². The molecule has 28 heavy (non-hydrogen) atoms. The number of carboxylic acid groups (broad SMARTS) is 1. The summed E-state index contributed by atoms with van der Waals surface area (Å²) in [5.74, 6) is -2.70. The van der Waals surface area contributed by atoms with Crippen molar-refractivity contribution in [1.29, 1.82) is 0 Å². The Morgan fingerprint density at radius 1 is 1.36 bits per heavy atom. The number of likely N-dealkylation sites (tertiary alicyclic amines) is 1. The second kappa shape index (κ2) is 9.71. The van der Waals surface area contributed by atoms with Crippen molar-refractivity contribution in [3.05, 3.63) is 22.4 Å². The van der Waals surface area contributed by atoms with Crippen molar-refractivity contribution < 1.29 is 32.6 Å². The molecule has 6 nitrogen and oxygen atoms in total. The first-order valence-electron chi connectivity index (χ1n) is 9.09. The predicted octanol–water partition coefficient (Wildman–Crippen LogP) is 3.03. The number of fused-ring (bicyclic) bond motifs is 1. The van der Waals surface area contributed by atoms with Crippen molar-refractivity contribution >= 4 is 23.2 Å². The lowest BCUT2D eigenvalue weighted by molar-refractivity contribution is -0.192. The fourth-order valence-electron chi connectivity index (χ4n) is 3.40. The number of nitrogens with one attached hydrogen (secondary N) is 1. The number of halogens is 3. The summed E-state index contributed by atoms with van der Waals surface area (Å²) in [6.45, 7) is 6.06. The molecule has 158 valence electrons. The Kier molecular flexibility index (Phi) is 7.85. The summed E-state index contributed by atoms with van der Waals surface area (Å²) in [6.07, 6.45) is -2.18. The molecule has 0 aliphatic carbocycles. The van der Waals surface area contributed by atoms with E-state index in [9.17, 15) is 18.0 Å². The second-order valence-corrected chi connectivity index (χ2v) is 7.94. The molecule has 3 rings (SSSR count). The number of aliphatic carboxylic acids is 1. The van der Waals surface area contributed by atoms with E-state index < -0.39 is 12.1 Å². The van der Waals surface area contributed by atoms with Gasteiger partial charge in [0.2, 0.25) is 5.91 Å².